The van der Waals surface area contributed by atoms with Gasteiger partial charge in [-0.05, 0) is 29.8 Å². The van der Waals surface area contributed by atoms with Crippen LogP contribution in [0.5, 0.6) is 5.75 Å². The molecule has 0 aliphatic rings. The van der Waals surface area contributed by atoms with Crippen LogP contribution in [0, 0.1) is 0 Å². The zero-order valence-electron chi connectivity index (χ0n) is 14.5. The van der Waals surface area contributed by atoms with Crippen LogP contribution in [0.25, 0.3) is 0 Å². The fourth-order valence-electron chi connectivity index (χ4n) is 2.32. The third kappa shape index (κ3) is 5.12. The van der Waals surface area contributed by atoms with Gasteiger partial charge in [0.1, 0.15) is 12.4 Å². The van der Waals surface area contributed by atoms with Crippen molar-refractivity contribution in [2.75, 3.05) is 0 Å². The monoisotopic (exact) mass is 447 g/mol. The van der Waals surface area contributed by atoms with Crippen molar-refractivity contribution in [3.05, 3.63) is 69.5 Å². The first-order chi connectivity index (χ1) is 13.2. The van der Waals surface area contributed by atoms with Gasteiger partial charge in [-0.2, -0.15) is 13.2 Å². The van der Waals surface area contributed by atoms with Crippen molar-refractivity contribution in [1.29, 1.82) is 0 Å². The number of ether oxygens (including phenoxy) is 1. The van der Waals surface area contributed by atoms with Crippen LogP contribution in [-0.4, -0.2) is 14.8 Å². The third-order valence-corrected chi connectivity index (χ3v) is 5.42. The fraction of sp³-hybridized carbons (Fsp3) is 0.222. The maximum Gasteiger partial charge on any atom is 0.416 e. The molecule has 28 heavy (non-hydrogen) atoms. The molecule has 0 amide bonds. The van der Waals surface area contributed by atoms with Crippen LogP contribution in [0.4, 0.5) is 13.2 Å². The Morgan fingerprint density at radius 3 is 2.61 bits per heavy atom. The molecule has 0 atom stereocenters. The van der Waals surface area contributed by atoms with Gasteiger partial charge in [0.2, 0.25) is 0 Å². The standard InChI is InChI=1S/C18H14Cl2F3N3OS/c1-26-16(9-27-15-6-5-13(19)8-14(15)20)24-25-17(26)28-10-11-3-2-4-12(7-11)18(21,22)23/h2-8H,9-10H2,1H3. The number of rotatable bonds is 6. The molecule has 3 rings (SSSR count). The Hall–Kier alpha value is -1.90. The topological polar surface area (TPSA) is 39.9 Å². The summed E-state index contributed by atoms with van der Waals surface area (Å²) in [7, 11) is 1.76. The number of benzene rings is 2. The summed E-state index contributed by atoms with van der Waals surface area (Å²) in [6, 6.07) is 10.1. The summed E-state index contributed by atoms with van der Waals surface area (Å²) in [5, 5.41) is 9.59. The molecule has 1 aromatic heterocycles. The van der Waals surface area contributed by atoms with E-state index in [0.717, 1.165) is 12.1 Å². The predicted octanol–water partition coefficient (Wildman–Crippen LogP) is 6.01. The van der Waals surface area contributed by atoms with E-state index in [1.165, 1.54) is 17.8 Å². The molecule has 0 saturated carbocycles. The maximum atomic E-state index is 12.8. The first-order valence-electron chi connectivity index (χ1n) is 7.99. The van der Waals surface area contributed by atoms with Crippen molar-refractivity contribution in [3.63, 3.8) is 0 Å². The molecular weight excluding hydrogens is 434 g/mol. The van der Waals surface area contributed by atoms with Crippen LogP contribution in [0.2, 0.25) is 10.0 Å². The SMILES string of the molecule is Cn1c(COc2ccc(Cl)cc2Cl)nnc1SCc1cccc(C(F)(F)F)c1. The molecule has 10 heteroatoms. The van der Waals surface area contributed by atoms with Gasteiger partial charge in [0.05, 0.1) is 10.6 Å². The van der Waals surface area contributed by atoms with E-state index in [2.05, 4.69) is 10.2 Å². The van der Waals surface area contributed by atoms with E-state index in [0.29, 0.717) is 38.1 Å². The van der Waals surface area contributed by atoms with Gasteiger partial charge in [-0.1, -0.05) is 53.2 Å². The molecule has 0 fully saturated rings. The molecular formula is C18H14Cl2F3N3OS. The normalized spacial score (nSPS) is 11.6. The molecule has 0 N–H and O–H groups in total. The van der Waals surface area contributed by atoms with E-state index in [4.69, 9.17) is 27.9 Å². The summed E-state index contributed by atoms with van der Waals surface area (Å²) in [4.78, 5) is 0. The smallest absolute Gasteiger partial charge is 0.416 e. The Morgan fingerprint density at radius 2 is 1.89 bits per heavy atom. The van der Waals surface area contributed by atoms with Crippen molar-refractivity contribution in [2.45, 2.75) is 23.7 Å². The van der Waals surface area contributed by atoms with Crippen LogP contribution in [0.15, 0.2) is 47.6 Å². The lowest BCUT2D eigenvalue weighted by Crippen LogP contribution is -2.05. The molecule has 3 aromatic rings. The van der Waals surface area contributed by atoms with Gasteiger partial charge in [0, 0.05) is 17.8 Å². The number of alkyl halides is 3. The van der Waals surface area contributed by atoms with Gasteiger partial charge in [-0.25, -0.2) is 0 Å². The largest absolute Gasteiger partial charge is 0.484 e. The number of hydrogen-bond acceptors (Lipinski definition) is 4. The molecule has 0 aliphatic heterocycles. The van der Waals surface area contributed by atoms with E-state index in [1.54, 1.807) is 35.9 Å². The fourth-order valence-corrected chi connectivity index (χ4v) is 3.65. The highest BCUT2D eigenvalue weighted by Gasteiger charge is 2.30. The molecule has 0 aliphatic carbocycles. The first-order valence-corrected chi connectivity index (χ1v) is 9.73. The summed E-state index contributed by atoms with van der Waals surface area (Å²) in [5.74, 6) is 1.35. The van der Waals surface area contributed by atoms with Crippen molar-refractivity contribution in [1.82, 2.24) is 14.8 Å². The minimum Gasteiger partial charge on any atom is -0.484 e. The molecule has 0 radical (unpaired) electrons. The minimum absolute atomic E-state index is 0.134. The van der Waals surface area contributed by atoms with Crippen LogP contribution in [-0.2, 0) is 25.6 Å². The van der Waals surface area contributed by atoms with Gasteiger partial charge in [0.15, 0.2) is 11.0 Å². The van der Waals surface area contributed by atoms with Crippen molar-refractivity contribution in [3.8, 4) is 5.75 Å². The van der Waals surface area contributed by atoms with Crippen LogP contribution < -0.4 is 4.74 Å². The molecule has 2 aromatic carbocycles. The predicted molar refractivity (Wildman–Crippen MR) is 103 cm³/mol. The molecule has 0 saturated heterocycles. The van der Waals surface area contributed by atoms with E-state index >= 15 is 0 Å². The molecule has 0 unspecified atom stereocenters. The lowest BCUT2D eigenvalue weighted by molar-refractivity contribution is -0.137. The van der Waals surface area contributed by atoms with Crippen molar-refractivity contribution in [2.24, 2.45) is 7.05 Å². The first kappa shape index (κ1) is 20.8. The maximum absolute atomic E-state index is 12.8. The molecule has 0 spiro atoms. The summed E-state index contributed by atoms with van der Waals surface area (Å²) in [5.41, 5.74) is -0.119. The Labute approximate surface area is 173 Å². The van der Waals surface area contributed by atoms with Crippen molar-refractivity contribution < 1.29 is 17.9 Å². The lowest BCUT2D eigenvalue weighted by Gasteiger charge is -2.09. The van der Waals surface area contributed by atoms with Crippen molar-refractivity contribution >= 4 is 35.0 Å². The Bertz CT molecular complexity index is 979. The van der Waals surface area contributed by atoms with Gasteiger partial charge in [0.25, 0.3) is 0 Å². The second-order valence-electron chi connectivity index (χ2n) is 5.81. The van der Waals surface area contributed by atoms with Crippen LogP contribution in [0.3, 0.4) is 0 Å². The lowest BCUT2D eigenvalue weighted by atomic mass is 10.1. The summed E-state index contributed by atoms with van der Waals surface area (Å²) >= 11 is 13.2. The quantitative estimate of drug-likeness (QED) is 0.433. The van der Waals surface area contributed by atoms with Gasteiger partial charge < -0.3 is 9.30 Å². The summed E-state index contributed by atoms with van der Waals surface area (Å²) in [6.07, 6.45) is -4.36. The van der Waals surface area contributed by atoms with Gasteiger partial charge in [-0.15, -0.1) is 10.2 Å². The van der Waals surface area contributed by atoms with E-state index in [-0.39, 0.29) is 6.61 Å². The number of aromatic nitrogens is 3. The highest BCUT2D eigenvalue weighted by Crippen LogP contribution is 2.31. The zero-order chi connectivity index (χ0) is 20.3. The number of halogens is 5. The Balaban J connectivity index is 1.63. The molecule has 0 bridgehead atoms. The number of hydrogen-bond donors (Lipinski definition) is 0. The van der Waals surface area contributed by atoms with Crippen LogP contribution in [0.1, 0.15) is 17.0 Å². The van der Waals surface area contributed by atoms with Gasteiger partial charge >= 0.3 is 6.18 Å². The molecule has 1 heterocycles. The van der Waals surface area contributed by atoms with E-state index in [9.17, 15) is 13.2 Å². The van der Waals surface area contributed by atoms with E-state index in [1.807, 2.05) is 0 Å². The number of thioether (sulfide) groups is 1. The summed E-state index contributed by atoms with van der Waals surface area (Å²) in [6.45, 7) is 0.134. The highest BCUT2D eigenvalue weighted by atomic mass is 35.5. The minimum atomic E-state index is -4.36. The highest BCUT2D eigenvalue weighted by molar-refractivity contribution is 7.98. The average molecular weight is 448 g/mol. The van der Waals surface area contributed by atoms with Crippen LogP contribution >= 0.6 is 35.0 Å². The molecule has 4 nitrogen and oxygen atoms in total. The van der Waals surface area contributed by atoms with E-state index < -0.39 is 11.7 Å². The second kappa shape index (κ2) is 8.63. The summed E-state index contributed by atoms with van der Waals surface area (Å²) < 4.78 is 45.8. The Kier molecular flexibility index (Phi) is 6.42. The van der Waals surface area contributed by atoms with Gasteiger partial charge in [-0.3, -0.25) is 0 Å². The third-order valence-electron chi connectivity index (χ3n) is 3.80. The Morgan fingerprint density at radius 1 is 1.11 bits per heavy atom. The number of nitrogens with zero attached hydrogens (tertiary/aromatic N) is 3. The average Bonchev–Trinajstić information content (AvgIpc) is 2.99. The molecule has 148 valence electrons. The second-order valence-corrected chi connectivity index (χ2v) is 7.59. The zero-order valence-corrected chi connectivity index (χ0v) is 16.8.